The SMILES string of the molecule is CCCSc1nnc(SCC(=O)N[C@@H](C)c2cccc3ccccc23)s1. The second-order valence-corrected chi connectivity index (χ2v) is 9.37. The minimum Gasteiger partial charge on any atom is -0.349 e. The van der Waals surface area contributed by atoms with E-state index in [9.17, 15) is 4.79 Å². The fraction of sp³-hybridized carbons (Fsp3) is 0.316. The molecule has 0 saturated heterocycles. The van der Waals surface area contributed by atoms with Crippen LogP contribution in [-0.4, -0.2) is 27.6 Å². The van der Waals surface area contributed by atoms with Crippen LogP contribution in [0.1, 0.15) is 31.9 Å². The van der Waals surface area contributed by atoms with E-state index in [0.29, 0.717) is 5.75 Å². The first-order valence-corrected chi connectivity index (χ1v) is 11.3. The number of carbonyl (C=O) groups is 1. The van der Waals surface area contributed by atoms with Gasteiger partial charge in [0.05, 0.1) is 11.8 Å². The third-order valence-electron chi connectivity index (χ3n) is 3.81. The van der Waals surface area contributed by atoms with Gasteiger partial charge in [-0.05, 0) is 29.7 Å². The van der Waals surface area contributed by atoms with Crippen LogP contribution in [0.2, 0.25) is 0 Å². The van der Waals surface area contributed by atoms with E-state index >= 15 is 0 Å². The quantitative estimate of drug-likeness (QED) is 0.526. The number of benzene rings is 2. The van der Waals surface area contributed by atoms with Gasteiger partial charge in [-0.25, -0.2) is 0 Å². The van der Waals surface area contributed by atoms with E-state index in [1.807, 2.05) is 25.1 Å². The van der Waals surface area contributed by atoms with Crippen molar-refractivity contribution >= 4 is 51.5 Å². The molecular formula is C19H21N3OS3. The topological polar surface area (TPSA) is 54.9 Å². The summed E-state index contributed by atoms with van der Waals surface area (Å²) in [5.74, 6) is 1.40. The number of aromatic nitrogens is 2. The second-order valence-electron chi connectivity index (χ2n) is 5.83. The molecule has 0 spiro atoms. The Kier molecular flexibility index (Phi) is 6.93. The van der Waals surface area contributed by atoms with Crippen LogP contribution in [0.25, 0.3) is 10.8 Å². The summed E-state index contributed by atoms with van der Waals surface area (Å²) < 4.78 is 1.82. The van der Waals surface area contributed by atoms with Crippen LogP contribution in [0.4, 0.5) is 0 Å². The third kappa shape index (κ3) is 4.99. The minimum absolute atomic E-state index is 0.00777. The van der Waals surface area contributed by atoms with E-state index in [1.54, 1.807) is 23.1 Å². The summed E-state index contributed by atoms with van der Waals surface area (Å²) in [6.45, 7) is 4.17. The van der Waals surface area contributed by atoms with Gasteiger partial charge in [-0.15, -0.1) is 10.2 Å². The zero-order chi connectivity index (χ0) is 18.4. The fourth-order valence-electron chi connectivity index (χ4n) is 2.62. The number of hydrogen-bond donors (Lipinski definition) is 1. The van der Waals surface area contributed by atoms with E-state index in [-0.39, 0.29) is 11.9 Å². The smallest absolute Gasteiger partial charge is 0.230 e. The molecule has 0 saturated carbocycles. The molecule has 0 bridgehead atoms. The molecule has 0 aliphatic heterocycles. The Morgan fingerprint density at radius 2 is 1.85 bits per heavy atom. The molecule has 0 unspecified atom stereocenters. The van der Waals surface area contributed by atoms with Crippen molar-refractivity contribution in [1.29, 1.82) is 0 Å². The molecule has 136 valence electrons. The minimum atomic E-state index is -0.0423. The van der Waals surface area contributed by atoms with Crippen LogP contribution in [0.15, 0.2) is 51.1 Å². The first-order valence-electron chi connectivity index (χ1n) is 8.53. The van der Waals surface area contributed by atoms with Crippen LogP contribution in [-0.2, 0) is 4.79 Å². The molecule has 1 atom stereocenters. The number of amides is 1. The van der Waals surface area contributed by atoms with Gasteiger partial charge in [-0.2, -0.15) is 0 Å². The number of nitrogens with zero attached hydrogens (tertiary/aromatic N) is 2. The Morgan fingerprint density at radius 1 is 1.12 bits per heavy atom. The summed E-state index contributed by atoms with van der Waals surface area (Å²) in [4.78, 5) is 12.3. The van der Waals surface area contributed by atoms with Gasteiger partial charge in [0.25, 0.3) is 0 Å². The van der Waals surface area contributed by atoms with Crippen molar-refractivity contribution in [3.8, 4) is 0 Å². The largest absolute Gasteiger partial charge is 0.349 e. The first kappa shape index (κ1) is 19.2. The molecule has 1 heterocycles. The number of rotatable bonds is 8. The Hall–Kier alpha value is -1.57. The molecular weight excluding hydrogens is 382 g/mol. The van der Waals surface area contributed by atoms with Crippen molar-refractivity contribution in [2.45, 2.75) is 35.0 Å². The average Bonchev–Trinajstić information content (AvgIpc) is 3.12. The summed E-state index contributed by atoms with van der Waals surface area (Å²) in [5, 5.41) is 13.8. The van der Waals surface area contributed by atoms with Gasteiger partial charge < -0.3 is 5.32 Å². The summed E-state index contributed by atoms with van der Waals surface area (Å²) in [5.41, 5.74) is 1.13. The highest BCUT2D eigenvalue weighted by Crippen LogP contribution is 2.29. The van der Waals surface area contributed by atoms with Crippen LogP contribution in [0.3, 0.4) is 0 Å². The maximum absolute atomic E-state index is 12.3. The van der Waals surface area contributed by atoms with Gasteiger partial charge in [0.15, 0.2) is 8.68 Å². The van der Waals surface area contributed by atoms with Crippen molar-refractivity contribution in [2.75, 3.05) is 11.5 Å². The Labute approximate surface area is 166 Å². The van der Waals surface area contributed by atoms with E-state index in [4.69, 9.17) is 0 Å². The number of carbonyl (C=O) groups excluding carboxylic acids is 1. The van der Waals surface area contributed by atoms with Gasteiger partial charge in [0.2, 0.25) is 5.91 Å². The third-order valence-corrected chi connectivity index (χ3v) is 7.21. The molecule has 4 nitrogen and oxygen atoms in total. The van der Waals surface area contributed by atoms with E-state index in [1.165, 1.54) is 22.5 Å². The molecule has 3 aromatic rings. The van der Waals surface area contributed by atoms with Crippen molar-refractivity contribution in [2.24, 2.45) is 0 Å². The zero-order valence-corrected chi connectivity index (χ0v) is 17.2. The van der Waals surface area contributed by atoms with Crippen LogP contribution < -0.4 is 5.32 Å². The summed E-state index contributed by atoms with van der Waals surface area (Å²) in [6, 6.07) is 14.4. The Balaban J connectivity index is 1.56. The number of hydrogen-bond acceptors (Lipinski definition) is 6. The van der Waals surface area contributed by atoms with Crippen molar-refractivity contribution in [1.82, 2.24) is 15.5 Å². The fourth-order valence-corrected chi connectivity index (χ4v) is 5.38. The summed E-state index contributed by atoms with van der Waals surface area (Å²) in [6.07, 6.45) is 1.11. The van der Waals surface area contributed by atoms with Crippen LogP contribution in [0, 0.1) is 0 Å². The standard InChI is InChI=1S/C19H21N3OS3/c1-3-11-24-18-21-22-19(26-18)25-12-17(23)20-13(2)15-10-6-8-14-7-4-5-9-16(14)15/h4-10,13H,3,11-12H2,1-2H3,(H,20,23)/t13-/m0/s1. The predicted molar refractivity (Wildman–Crippen MR) is 112 cm³/mol. The summed E-state index contributed by atoms with van der Waals surface area (Å²) in [7, 11) is 0. The molecule has 1 amide bonds. The van der Waals surface area contributed by atoms with Gasteiger partial charge in [0.1, 0.15) is 0 Å². The van der Waals surface area contributed by atoms with Gasteiger partial charge in [0, 0.05) is 5.75 Å². The number of thioether (sulfide) groups is 2. The molecule has 0 aliphatic carbocycles. The Morgan fingerprint density at radius 3 is 2.65 bits per heavy atom. The van der Waals surface area contributed by atoms with Gasteiger partial charge in [-0.3, -0.25) is 4.79 Å². The van der Waals surface area contributed by atoms with Crippen molar-refractivity contribution in [3.05, 3.63) is 48.0 Å². The van der Waals surface area contributed by atoms with Crippen molar-refractivity contribution < 1.29 is 4.79 Å². The molecule has 26 heavy (non-hydrogen) atoms. The molecule has 1 N–H and O–H groups in total. The lowest BCUT2D eigenvalue weighted by molar-refractivity contribution is -0.119. The normalized spacial score (nSPS) is 12.2. The number of nitrogens with one attached hydrogen (secondary N) is 1. The molecule has 0 fully saturated rings. The lowest BCUT2D eigenvalue weighted by atomic mass is 10.00. The van der Waals surface area contributed by atoms with E-state index in [0.717, 1.165) is 26.4 Å². The average molecular weight is 404 g/mol. The first-order chi connectivity index (χ1) is 12.7. The zero-order valence-electron chi connectivity index (χ0n) is 14.8. The van der Waals surface area contributed by atoms with Crippen LogP contribution in [0.5, 0.6) is 0 Å². The second kappa shape index (κ2) is 9.39. The molecule has 0 aliphatic rings. The van der Waals surface area contributed by atoms with Gasteiger partial charge >= 0.3 is 0 Å². The van der Waals surface area contributed by atoms with E-state index < -0.39 is 0 Å². The molecule has 0 radical (unpaired) electrons. The highest BCUT2D eigenvalue weighted by atomic mass is 32.2. The molecule has 2 aromatic carbocycles. The molecule has 3 rings (SSSR count). The van der Waals surface area contributed by atoms with Crippen LogP contribution >= 0.6 is 34.9 Å². The number of fused-ring (bicyclic) bond motifs is 1. The highest BCUT2D eigenvalue weighted by Gasteiger charge is 2.13. The maximum atomic E-state index is 12.3. The predicted octanol–water partition coefficient (Wildman–Crippen LogP) is 5.16. The Bertz CT molecular complexity index is 876. The maximum Gasteiger partial charge on any atom is 0.230 e. The lowest BCUT2D eigenvalue weighted by Gasteiger charge is -2.16. The monoisotopic (exact) mass is 403 g/mol. The van der Waals surface area contributed by atoms with Gasteiger partial charge in [-0.1, -0.05) is 84.2 Å². The van der Waals surface area contributed by atoms with E-state index in [2.05, 4.69) is 46.7 Å². The molecule has 1 aromatic heterocycles. The lowest BCUT2D eigenvalue weighted by Crippen LogP contribution is -2.28. The molecule has 7 heteroatoms. The highest BCUT2D eigenvalue weighted by molar-refractivity contribution is 8.03. The van der Waals surface area contributed by atoms with Crippen molar-refractivity contribution in [3.63, 3.8) is 0 Å². The summed E-state index contributed by atoms with van der Waals surface area (Å²) >= 11 is 4.71.